The van der Waals surface area contributed by atoms with Crippen molar-refractivity contribution in [3.8, 4) is 0 Å². The molecule has 0 saturated carbocycles. The van der Waals surface area contributed by atoms with Crippen LogP contribution in [-0.2, 0) is 6.42 Å². The van der Waals surface area contributed by atoms with Gasteiger partial charge in [0.15, 0.2) is 0 Å². The number of nitrogens with one attached hydrogen (secondary N) is 1. The van der Waals surface area contributed by atoms with Gasteiger partial charge in [0.1, 0.15) is 11.2 Å². The molecule has 0 unspecified atom stereocenters. The van der Waals surface area contributed by atoms with E-state index in [2.05, 4.69) is 26.1 Å². The Bertz CT molecular complexity index is 719. The van der Waals surface area contributed by atoms with Gasteiger partial charge in [0.2, 0.25) is 0 Å². The van der Waals surface area contributed by atoms with Gasteiger partial charge in [0.05, 0.1) is 17.0 Å². The van der Waals surface area contributed by atoms with E-state index in [1.165, 1.54) is 5.56 Å². The van der Waals surface area contributed by atoms with Crippen LogP contribution in [0, 0.1) is 0 Å². The van der Waals surface area contributed by atoms with Crippen molar-refractivity contribution < 1.29 is 8.83 Å². The molecule has 1 aliphatic heterocycles. The fourth-order valence-corrected chi connectivity index (χ4v) is 3.75. The molecular weight excluding hydrogens is 332 g/mol. The van der Waals surface area contributed by atoms with E-state index >= 15 is 0 Å². The zero-order chi connectivity index (χ0) is 14.2. The van der Waals surface area contributed by atoms with Crippen LogP contribution in [0.5, 0.6) is 0 Å². The van der Waals surface area contributed by atoms with Crippen molar-refractivity contribution in [3.63, 3.8) is 0 Å². The first-order valence-corrected chi connectivity index (χ1v) is 8.11. The highest BCUT2D eigenvalue weighted by Gasteiger charge is 2.18. The lowest BCUT2D eigenvalue weighted by Crippen LogP contribution is -2.44. The third kappa shape index (κ3) is 2.29. The lowest BCUT2D eigenvalue weighted by molar-refractivity contribution is 0.244. The third-order valence-corrected chi connectivity index (χ3v) is 5.04. The number of piperazine rings is 1. The van der Waals surface area contributed by atoms with Gasteiger partial charge in [-0.2, -0.15) is 0 Å². The number of fused-ring (bicyclic) bond motifs is 2. The Morgan fingerprint density at radius 2 is 1.76 bits per heavy atom. The summed E-state index contributed by atoms with van der Waals surface area (Å²) < 4.78 is 12.4. The minimum absolute atomic E-state index is 0.916. The predicted molar refractivity (Wildman–Crippen MR) is 86.7 cm³/mol. The lowest BCUT2D eigenvalue weighted by atomic mass is 10.0. The molecule has 0 spiro atoms. The Hall–Kier alpha value is -1.30. The van der Waals surface area contributed by atoms with E-state index in [4.69, 9.17) is 8.83 Å². The van der Waals surface area contributed by atoms with Crippen molar-refractivity contribution >= 4 is 37.9 Å². The van der Waals surface area contributed by atoms with Gasteiger partial charge in [-0.1, -0.05) is 0 Å². The third-order valence-electron chi connectivity index (χ3n) is 4.25. The van der Waals surface area contributed by atoms with E-state index < -0.39 is 0 Å². The molecule has 1 aliphatic rings. The standard InChI is InChI=1S/C16H17BrN2O2/c17-14-13-3-10-20-15(13)11(12-2-9-21-16(12)14)1-6-19-7-4-18-5-8-19/h2-3,9-10,18H,1,4-8H2. The van der Waals surface area contributed by atoms with E-state index in [-0.39, 0.29) is 0 Å². The highest BCUT2D eigenvalue weighted by atomic mass is 79.9. The monoisotopic (exact) mass is 348 g/mol. The number of hydrogen-bond donors (Lipinski definition) is 1. The van der Waals surface area contributed by atoms with Crippen LogP contribution < -0.4 is 5.32 Å². The summed E-state index contributed by atoms with van der Waals surface area (Å²) in [4.78, 5) is 2.50. The largest absolute Gasteiger partial charge is 0.464 e. The summed E-state index contributed by atoms with van der Waals surface area (Å²) >= 11 is 3.63. The maximum absolute atomic E-state index is 5.74. The summed E-state index contributed by atoms with van der Waals surface area (Å²) in [6.45, 7) is 5.45. The van der Waals surface area contributed by atoms with Crippen LogP contribution in [0.4, 0.5) is 0 Å². The first kappa shape index (κ1) is 13.4. The van der Waals surface area contributed by atoms with Crippen molar-refractivity contribution in [2.75, 3.05) is 32.7 Å². The van der Waals surface area contributed by atoms with Crippen LogP contribution in [0.25, 0.3) is 21.9 Å². The van der Waals surface area contributed by atoms with Crippen molar-refractivity contribution in [3.05, 3.63) is 34.7 Å². The van der Waals surface area contributed by atoms with E-state index in [0.717, 1.165) is 65.6 Å². The first-order chi connectivity index (χ1) is 10.3. The number of nitrogens with zero attached hydrogens (tertiary/aromatic N) is 1. The van der Waals surface area contributed by atoms with Crippen molar-refractivity contribution in [1.82, 2.24) is 10.2 Å². The fourth-order valence-electron chi connectivity index (χ4n) is 3.13. The SMILES string of the molecule is Brc1c2ccoc2c(CCN2CCNCC2)c2ccoc12. The molecule has 4 nitrogen and oxygen atoms in total. The molecule has 4 rings (SSSR count). The summed E-state index contributed by atoms with van der Waals surface area (Å²) in [6.07, 6.45) is 4.48. The zero-order valence-electron chi connectivity index (χ0n) is 11.7. The van der Waals surface area contributed by atoms with Crippen LogP contribution in [0.1, 0.15) is 5.56 Å². The van der Waals surface area contributed by atoms with Crippen molar-refractivity contribution in [1.29, 1.82) is 0 Å². The Balaban J connectivity index is 1.73. The highest BCUT2D eigenvalue weighted by Crippen LogP contribution is 2.37. The Labute approximate surface area is 131 Å². The van der Waals surface area contributed by atoms with Gasteiger partial charge in [0, 0.05) is 49.1 Å². The normalized spacial score (nSPS) is 17.0. The number of rotatable bonds is 3. The predicted octanol–water partition coefficient (Wildman–Crippen LogP) is 3.39. The molecule has 1 saturated heterocycles. The molecule has 1 N–H and O–H groups in total. The summed E-state index contributed by atoms with van der Waals surface area (Å²) in [5.74, 6) is 0. The minimum atomic E-state index is 0.916. The van der Waals surface area contributed by atoms with Crippen molar-refractivity contribution in [2.45, 2.75) is 6.42 Å². The Kier molecular flexibility index (Phi) is 3.49. The van der Waals surface area contributed by atoms with E-state index in [0.29, 0.717) is 0 Å². The van der Waals surface area contributed by atoms with Gasteiger partial charge >= 0.3 is 0 Å². The maximum Gasteiger partial charge on any atom is 0.149 e. The van der Waals surface area contributed by atoms with Crippen LogP contribution in [-0.4, -0.2) is 37.6 Å². The smallest absolute Gasteiger partial charge is 0.149 e. The molecule has 1 fully saturated rings. The lowest BCUT2D eigenvalue weighted by Gasteiger charge is -2.27. The molecule has 3 aromatic rings. The Morgan fingerprint density at radius 1 is 1.05 bits per heavy atom. The molecule has 110 valence electrons. The second-order valence-electron chi connectivity index (χ2n) is 5.46. The van der Waals surface area contributed by atoms with Gasteiger partial charge in [-0.25, -0.2) is 0 Å². The second-order valence-corrected chi connectivity index (χ2v) is 6.25. The average molecular weight is 349 g/mol. The number of benzene rings is 1. The quantitative estimate of drug-likeness (QED) is 0.787. The highest BCUT2D eigenvalue weighted by molar-refractivity contribution is 9.10. The molecule has 3 heterocycles. The molecular formula is C16H17BrN2O2. The second kappa shape index (κ2) is 5.48. The minimum Gasteiger partial charge on any atom is -0.464 e. The molecule has 1 aromatic carbocycles. The summed E-state index contributed by atoms with van der Waals surface area (Å²) in [5, 5.41) is 5.63. The van der Waals surface area contributed by atoms with Gasteiger partial charge in [0.25, 0.3) is 0 Å². The van der Waals surface area contributed by atoms with E-state index in [1.54, 1.807) is 12.5 Å². The summed E-state index contributed by atoms with van der Waals surface area (Å²) in [6, 6.07) is 4.03. The van der Waals surface area contributed by atoms with Gasteiger partial charge in [-0.3, -0.25) is 0 Å². The van der Waals surface area contributed by atoms with Crippen molar-refractivity contribution in [2.24, 2.45) is 0 Å². The van der Waals surface area contributed by atoms with E-state index in [1.807, 2.05) is 12.1 Å². The van der Waals surface area contributed by atoms with Crippen LogP contribution in [0.15, 0.2) is 38.0 Å². The summed E-state index contributed by atoms with van der Waals surface area (Å²) in [5.41, 5.74) is 3.14. The number of halogens is 1. The maximum atomic E-state index is 5.74. The average Bonchev–Trinajstić information content (AvgIpc) is 3.17. The molecule has 0 aliphatic carbocycles. The molecule has 0 bridgehead atoms. The molecule has 0 amide bonds. The molecule has 0 atom stereocenters. The topological polar surface area (TPSA) is 41.6 Å². The fraction of sp³-hybridized carbons (Fsp3) is 0.375. The number of furan rings is 2. The van der Waals surface area contributed by atoms with Crippen LogP contribution in [0.2, 0.25) is 0 Å². The zero-order valence-corrected chi connectivity index (χ0v) is 13.3. The first-order valence-electron chi connectivity index (χ1n) is 7.32. The molecule has 5 heteroatoms. The molecule has 0 radical (unpaired) electrons. The number of hydrogen-bond acceptors (Lipinski definition) is 4. The van der Waals surface area contributed by atoms with E-state index in [9.17, 15) is 0 Å². The molecule has 21 heavy (non-hydrogen) atoms. The van der Waals surface area contributed by atoms with Gasteiger partial charge < -0.3 is 19.1 Å². The van der Waals surface area contributed by atoms with Crippen LogP contribution in [0.3, 0.4) is 0 Å². The summed E-state index contributed by atoms with van der Waals surface area (Å²) in [7, 11) is 0. The van der Waals surface area contributed by atoms with Gasteiger partial charge in [-0.05, 0) is 34.5 Å². The molecule has 2 aromatic heterocycles. The Morgan fingerprint density at radius 3 is 2.57 bits per heavy atom. The van der Waals surface area contributed by atoms with Crippen LogP contribution >= 0.6 is 15.9 Å². The van der Waals surface area contributed by atoms with Gasteiger partial charge in [-0.15, -0.1) is 0 Å².